The van der Waals surface area contributed by atoms with E-state index < -0.39 is 11.7 Å². The highest BCUT2D eigenvalue weighted by Crippen LogP contribution is 2.29. The van der Waals surface area contributed by atoms with E-state index in [9.17, 15) is 8.78 Å². The van der Waals surface area contributed by atoms with Crippen molar-refractivity contribution in [2.24, 2.45) is 0 Å². The standard InChI is InChI=1S/C19H19BrF2/c1-2-3-4-5-14-6-8-15(9-7-14)18(21)19(22)16-10-12-17(20)13-11-16/h6-13H,2-5H2,1H3. The quantitative estimate of drug-likeness (QED) is 0.384. The van der Waals surface area contributed by atoms with E-state index in [1.54, 1.807) is 36.4 Å². The van der Waals surface area contributed by atoms with Gasteiger partial charge < -0.3 is 0 Å². The minimum Gasteiger partial charge on any atom is -0.203 e. The van der Waals surface area contributed by atoms with Crippen molar-refractivity contribution >= 4 is 27.6 Å². The van der Waals surface area contributed by atoms with Crippen molar-refractivity contribution in [2.45, 2.75) is 32.6 Å². The first-order valence-electron chi connectivity index (χ1n) is 7.52. The summed E-state index contributed by atoms with van der Waals surface area (Å²) in [6, 6.07) is 13.5. The summed E-state index contributed by atoms with van der Waals surface area (Å²) in [7, 11) is 0. The Morgan fingerprint density at radius 3 is 1.82 bits per heavy atom. The largest absolute Gasteiger partial charge is 0.203 e. The third-order valence-corrected chi connectivity index (χ3v) is 4.10. The lowest BCUT2D eigenvalue weighted by Gasteiger charge is -2.05. The zero-order chi connectivity index (χ0) is 15.9. The van der Waals surface area contributed by atoms with Gasteiger partial charge in [0.25, 0.3) is 0 Å². The Balaban J connectivity index is 2.15. The molecule has 0 aliphatic rings. The molecule has 0 aliphatic heterocycles. The second-order valence-corrected chi connectivity index (χ2v) is 6.20. The Morgan fingerprint density at radius 1 is 0.818 bits per heavy atom. The van der Waals surface area contributed by atoms with Crippen molar-refractivity contribution in [1.82, 2.24) is 0 Å². The minimum absolute atomic E-state index is 0.243. The van der Waals surface area contributed by atoms with Crippen molar-refractivity contribution < 1.29 is 8.78 Å². The molecule has 0 spiro atoms. The molecule has 2 rings (SSSR count). The normalized spacial score (nSPS) is 12.2. The minimum atomic E-state index is -0.828. The molecule has 0 bridgehead atoms. The van der Waals surface area contributed by atoms with Crippen LogP contribution in [0.3, 0.4) is 0 Å². The van der Waals surface area contributed by atoms with Gasteiger partial charge in [0, 0.05) is 15.6 Å². The molecule has 0 nitrogen and oxygen atoms in total. The van der Waals surface area contributed by atoms with Gasteiger partial charge in [-0.05, 0) is 30.5 Å². The van der Waals surface area contributed by atoms with Crippen LogP contribution >= 0.6 is 15.9 Å². The van der Waals surface area contributed by atoms with Gasteiger partial charge in [-0.1, -0.05) is 72.1 Å². The summed E-state index contributed by atoms with van der Waals surface area (Å²) in [5.74, 6) is -1.64. The Hall–Kier alpha value is -1.48. The molecule has 0 saturated heterocycles. The van der Waals surface area contributed by atoms with E-state index in [0.29, 0.717) is 0 Å². The molecular weight excluding hydrogens is 346 g/mol. The molecule has 22 heavy (non-hydrogen) atoms. The van der Waals surface area contributed by atoms with Crippen LogP contribution in [0.1, 0.15) is 42.9 Å². The van der Waals surface area contributed by atoms with Crippen LogP contribution in [0.4, 0.5) is 8.78 Å². The van der Waals surface area contributed by atoms with Gasteiger partial charge in [-0.15, -0.1) is 0 Å². The van der Waals surface area contributed by atoms with Crippen LogP contribution in [0.15, 0.2) is 53.0 Å². The molecule has 2 aromatic carbocycles. The van der Waals surface area contributed by atoms with E-state index in [2.05, 4.69) is 22.9 Å². The fraction of sp³-hybridized carbons (Fsp3) is 0.263. The van der Waals surface area contributed by atoms with Crippen molar-refractivity contribution in [3.63, 3.8) is 0 Å². The van der Waals surface area contributed by atoms with Crippen molar-refractivity contribution in [2.75, 3.05) is 0 Å². The number of unbranched alkanes of at least 4 members (excludes halogenated alkanes) is 2. The lowest BCUT2D eigenvalue weighted by atomic mass is 10.0. The van der Waals surface area contributed by atoms with Crippen molar-refractivity contribution in [3.8, 4) is 0 Å². The van der Waals surface area contributed by atoms with Gasteiger partial charge in [-0.25, -0.2) is 8.78 Å². The van der Waals surface area contributed by atoms with Gasteiger partial charge >= 0.3 is 0 Å². The molecule has 0 saturated carbocycles. The SMILES string of the molecule is CCCCCc1ccc(C(F)=C(F)c2ccc(Br)cc2)cc1. The summed E-state index contributed by atoms with van der Waals surface area (Å²) >= 11 is 3.28. The maximum atomic E-state index is 14.2. The zero-order valence-electron chi connectivity index (χ0n) is 12.6. The van der Waals surface area contributed by atoms with Crippen LogP contribution in [0, 0.1) is 0 Å². The number of rotatable bonds is 6. The molecule has 2 aromatic rings. The lowest BCUT2D eigenvalue weighted by molar-refractivity contribution is 0.699. The average Bonchev–Trinajstić information content (AvgIpc) is 2.55. The van der Waals surface area contributed by atoms with Crippen LogP contribution in [0.2, 0.25) is 0 Å². The first kappa shape index (κ1) is 16.9. The number of benzene rings is 2. The van der Waals surface area contributed by atoms with Crippen LogP contribution < -0.4 is 0 Å². The van der Waals surface area contributed by atoms with E-state index >= 15 is 0 Å². The van der Waals surface area contributed by atoms with E-state index in [1.165, 1.54) is 12.8 Å². The van der Waals surface area contributed by atoms with Crippen LogP contribution in [-0.2, 0) is 6.42 Å². The topological polar surface area (TPSA) is 0 Å². The number of aryl methyl sites for hydroxylation is 1. The van der Waals surface area contributed by atoms with E-state index in [-0.39, 0.29) is 11.1 Å². The second-order valence-electron chi connectivity index (χ2n) is 5.29. The molecule has 0 heterocycles. The second kappa shape index (κ2) is 8.23. The first-order chi connectivity index (χ1) is 10.6. The maximum Gasteiger partial charge on any atom is 0.166 e. The molecular formula is C19H19BrF2. The number of hydrogen-bond acceptors (Lipinski definition) is 0. The van der Waals surface area contributed by atoms with Crippen LogP contribution in [0.5, 0.6) is 0 Å². The molecule has 0 N–H and O–H groups in total. The summed E-state index contributed by atoms with van der Waals surface area (Å²) in [5, 5.41) is 0. The molecule has 0 amide bonds. The number of hydrogen-bond donors (Lipinski definition) is 0. The van der Waals surface area contributed by atoms with Gasteiger partial charge in [0.05, 0.1) is 0 Å². The fourth-order valence-corrected chi connectivity index (χ4v) is 2.51. The summed E-state index contributed by atoms with van der Waals surface area (Å²) in [5.41, 5.74) is 1.68. The van der Waals surface area contributed by atoms with Crippen LogP contribution in [-0.4, -0.2) is 0 Å². The monoisotopic (exact) mass is 364 g/mol. The Morgan fingerprint density at radius 2 is 1.32 bits per heavy atom. The first-order valence-corrected chi connectivity index (χ1v) is 8.31. The molecule has 0 aliphatic carbocycles. The van der Waals surface area contributed by atoms with Gasteiger partial charge in [-0.3, -0.25) is 0 Å². The average molecular weight is 365 g/mol. The maximum absolute atomic E-state index is 14.2. The van der Waals surface area contributed by atoms with Crippen molar-refractivity contribution in [3.05, 3.63) is 69.7 Å². The highest BCUT2D eigenvalue weighted by molar-refractivity contribution is 9.10. The predicted octanol–water partition coefficient (Wildman–Crippen LogP) is 6.95. The Kier molecular flexibility index (Phi) is 6.32. The third-order valence-electron chi connectivity index (χ3n) is 3.57. The predicted molar refractivity (Wildman–Crippen MR) is 92.8 cm³/mol. The summed E-state index contributed by atoms with van der Waals surface area (Å²) < 4.78 is 29.3. The zero-order valence-corrected chi connectivity index (χ0v) is 14.2. The fourth-order valence-electron chi connectivity index (χ4n) is 2.25. The lowest BCUT2D eigenvalue weighted by Crippen LogP contribution is -1.88. The third kappa shape index (κ3) is 4.51. The highest BCUT2D eigenvalue weighted by Gasteiger charge is 2.11. The van der Waals surface area contributed by atoms with Crippen molar-refractivity contribution in [1.29, 1.82) is 0 Å². The molecule has 0 radical (unpaired) electrons. The molecule has 0 unspecified atom stereocenters. The molecule has 0 atom stereocenters. The van der Waals surface area contributed by atoms with Gasteiger partial charge in [0.1, 0.15) is 0 Å². The van der Waals surface area contributed by atoms with Crippen LogP contribution in [0.25, 0.3) is 11.7 Å². The number of halogens is 3. The molecule has 116 valence electrons. The molecule has 0 aromatic heterocycles. The highest BCUT2D eigenvalue weighted by atomic mass is 79.9. The molecule has 0 fully saturated rings. The summed E-state index contributed by atoms with van der Waals surface area (Å²) in [6.07, 6.45) is 4.47. The van der Waals surface area contributed by atoms with E-state index in [4.69, 9.17) is 0 Å². The Labute approximate surface area is 139 Å². The van der Waals surface area contributed by atoms with Gasteiger partial charge in [0.15, 0.2) is 11.7 Å². The summed E-state index contributed by atoms with van der Waals surface area (Å²) in [6.45, 7) is 2.16. The summed E-state index contributed by atoms with van der Waals surface area (Å²) in [4.78, 5) is 0. The Bertz CT molecular complexity index is 627. The van der Waals surface area contributed by atoms with Gasteiger partial charge in [0.2, 0.25) is 0 Å². The molecule has 3 heteroatoms. The van der Waals surface area contributed by atoms with E-state index in [0.717, 1.165) is 22.9 Å². The smallest absolute Gasteiger partial charge is 0.166 e. The van der Waals surface area contributed by atoms with E-state index in [1.807, 2.05) is 12.1 Å². The van der Waals surface area contributed by atoms with Gasteiger partial charge in [-0.2, -0.15) is 0 Å².